The molecule has 0 amide bonds. The highest BCUT2D eigenvalue weighted by atomic mass is 35.5. The molecule has 1 heteroatoms. The summed E-state index contributed by atoms with van der Waals surface area (Å²) in [5.41, 5.74) is 2.36. The summed E-state index contributed by atoms with van der Waals surface area (Å²) in [6.45, 7) is 0. The van der Waals surface area contributed by atoms with Crippen molar-refractivity contribution in [1.29, 1.82) is 0 Å². The van der Waals surface area contributed by atoms with Gasteiger partial charge in [-0.15, -0.1) is 0 Å². The molecular weight excluding hydrogens is 372 g/mol. The minimum atomic E-state index is 0.759. The molecule has 0 heterocycles. The van der Waals surface area contributed by atoms with Crippen LogP contribution in [0.15, 0.2) is 103 Å². The highest BCUT2D eigenvalue weighted by Crippen LogP contribution is 2.41. The van der Waals surface area contributed by atoms with Crippen LogP contribution in [-0.2, 0) is 0 Å². The van der Waals surface area contributed by atoms with E-state index in [9.17, 15) is 0 Å². The van der Waals surface area contributed by atoms with Gasteiger partial charge in [0.1, 0.15) is 0 Å². The number of fused-ring (bicyclic) bond motifs is 7. The van der Waals surface area contributed by atoms with Gasteiger partial charge in [0, 0.05) is 5.02 Å². The Morgan fingerprint density at radius 2 is 1.10 bits per heavy atom. The maximum Gasteiger partial charge on any atom is 0.0412 e. The molecule has 0 fully saturated rings. The summed E-state index contributed by atoms with van der Waals surface area (Å²) in [7, 11) is 0. The van der Waals surface area contributed by atoms with E-state index >= 15 is 0 Å². The first-order chi connectivity index (χ1) is 14.3. The van der Waals surface area contributed by atoms with E-state index in [1.807, 2.05) is 12.1 Å². The Hall–Kier alpha value is -3.35. The Morgan fingerprint density at radius 3 is 1.86 bits per heavy atom. The predicted octanol–water partition coefficient (Wildman–Crippen LogP) is 8.62. The van der Waals surface area contributed by atoms with E-state index in [-0.39, 0.29) is 0 Å². The monoisotopic (exact) mass is 388 g/mol. The zero-order valence-corrected chi connectivity index (χ0v) is 16.4. The third kappa shape index (κ3) is 2.53. The lowest BCUT2D eigenvalue weighted by Crippen LogP contribution is -1.88. The van der Waals surface area contributed by atoms with Gasteiger partial charge in [-0.25, -0.2) is 0 Å². The van der Waals surface area contributed by atoms with E-state index < -0.39 is 0 Å². The normalized spacial score (nSPS) is 11.6. The summed E-state index contributed by atoms with van der Waals surface area (Å²) in [5.74, 6) is 0. The molecule has 0 aliphatic rings. The summed E-state index contributed by atoms with van der Waals surface area (Å²) in [6.07, 6.45) is 0. The lowest BCUT2D eigenvalue weighted by atomic mass is 9.88. The molecule has 6 rings (SSSR count). The second-order valence-electron chi connectivity index (χ2n) is 7.53. The number of rotatable bonds is 1. The van der Waals surface area contributed by atoms with Gasteiger partial charge in [-0.1, -0.05) is 96.5 Å². The molecule has 136 valence electrons. The van der Waals surface area contributed by atoms with E-state index in [1.54, 1.807) is 0 Å². The highest BCUT2D eigenvalue weighted by Gasteiger charge is 2.13. The van der Waals surface area contributed by atoms with Crippen LogP contribution >= 0.6 is 11.6 Å². The topological polar surface area (TPSA) is 0 Å². The van der Waals surface area contributed by atoms with Crippen molar-refractivity contribution in [3.8, 4) is 11.1 Å². The standard InChI is InChI=1S/C28H17Cl/c29-22-9-5-8-20(16-22)26-17-21-13-12-18-6-1-3-10-23(18)27(21)28-24-11-4-2-7-19(24)14-15-25(26)28/h1-17H. The van der Waals surface area contributed by atoms with Crippen LogP contribution in [0.5, 0.6) is 0 Å². The SMILES string of the molecule is Clc1cccc(-c2cc3ccc4ccccc4c3c3c2ccc2ccccc23)c1. The number of benzene rings is 6. The molecule has 0 spiro atoms. The second-order valence-corrected chi connectivity index (χ2v) is 7.96. The van der Waals surface area contributed by atoms with Crippen molar-refractivity contribution in [1.82, 2.24) is 0 Å². The van der Waals surface area contributed by atoms with E-state index in [4.69, 9.17) is 11.6 Å². The van der Waals surface area contributed by atoms with Gasteiger partial charge < -0.3 is 0 Å². The van der Waals surface area contributed by atoms with Crippen LogP contribution in [-0.4, -0.2) is 0 Å². The lowest BCUT2D eigenvalue weighted by molar-refractivity contribution is 1.67. The van der Waals surface area contributed by atoms with Gasteiger partial charge >= 0.3 is 0 Å². The molecule has 0 aliphatic heterocycles. The maximum absolute atomic E-state index is 6.34. The van der Waals surface area contributed by atoms with Crippen LogP contribution in [0.4, 0.5) is 0 Å². The van der Waals surface area contributed by atoms with E-state index in [0.717, 1.165) is 10.6 Å². The van der Waals surface area contributed by atoms with Crippen molar-refractivity contribution >= 4 is 54.7 Å². The molecule has 0 N–H and O–H groups in total. The molecule has 6 aromatic rings. The quantitative estimate of drug-likeness (QED) is 0.247. The number of halogens is 1. The summed E-state index contributed by atoms with van der Waals surface area (Å²) in [6, 6.07) is 36.7. The Kier molecular flexibility index (Phi) is 3.62. The third-order valence-corrected chi connectivity index (χ3v) is 6.10. The molecule has 0 saturated carbocycles. The number of hydrogen-bond acceptors (Lipinski definition) is 0. The Bertz CT molecular complexity index is 1560. The molecule has 0 saturated heterocycles. The fraction of sp³-hybridized carbons (Fsp3) is 0. The van der Waals surface area contributed by atoms with Crippen LogP contribution in [0.3, 0.4) is 0 Å². The van der Waals surface area contributed by atoms with Crippen molar-refractivity contribution in [3.05, 3.63) is 108 Å². The first-order valence-corrected chi connectivity index (χ1v) is 10.2. The molecule has 0 unspecified atom stereocenters. The van der Waals surface area contributed by atoms with Crippen molar-refractivity contribution in [2.24, 2.45) is 0 Å². The van der Waals surface area contributed by atoms with Gasteiger partial charge in [-0.05, 0) is 72.4 Å². The molecule has 0 radical (unpaired) electrons. The highest BCUT2D eigenvalue weighted by molar-refractivity contribution is 6.32. The van der Waals surface area contributed by atoms with Crippen LogP contribution in [0.2, 0.25) is 5.02 Å². The summed E-state index contributed by atoms with van der Waals surface area (Å²) in [4.78, 5) is 0. The van der Waals surface area contributed by atoms with Crippen molar-refractivity contribution < 1.29 is 0 Å². The average Bonchev–Trinajstić information content (AvgIpc) is 2.78. The van der Waals surface area contributed by atoms with E-state index in [0.29, 0.717) is 0 Å². The Labute approximate surface area is 174 Å². The van der Waals surface area contributed by atoms with Gasteiger partial charge in [0.15, 0.2) is 0 Å². The molecule has 0 nitrogen and oxygen atoms in total. The molecule has 29 heavy (non-hydrogen) atoms. The van der Waals surface area contributed by atoms with Crippen molar-refractivity contribution in [2.75, 3.05) is 0 Å². The smallest absolute Gasteiger partial charge is 0.0412 e. The lowest BCUT2D eigenvalue weighted by Gasteiger charge is -2.15. The van der Waals surface area contributed by atoms with E-state index in [2.05, 4.69) is 91.0 Å². The zero-order chi connectivity index (χ0) is 19.4. The van der Waals surface area contributed by atoms with Gasteiger partial charge in [-0.3, -0.25) is 0 Å². The van der Waals surface area contributed by atoms with Gasteiger partial charge in [0.25, 0.3) is 0 Å². The summed E-state index contributed by atoms with van der Waals surface area (Å²) >= 11 is 6.34. The predicted molar refractivity (Wildman–Crippen MR) is 127 cm³/mol. The fourth-order valence-corrected chi connectivity index (χ4v) is 4.77. The van der Waals surface area contributed by atoms with E-state index in [1.165, 1.54) is 48.7 Å². The number of hydrogen-bond donors (Lipinski definition) is 0. The van der Waals surface area contributed by atoms with Crippen LogP contribution in [0.1, 0.15) is 0 Å². The second kappa shape index (κ2) is 6.34. The van der Waals surface area contributed by atoms with Crippen molar-refractivity contribution in [3.63, 3.8) is 0 Å². The molecule has 0 bridgehead atoms. The zero-order valence-electron chi connectivity index (χ0n) is 15.7. The minimum Gasteiger partial charge on any atom is -0.0843 e. The summed E-state index contributed by atoms with van der Waals surface area (Å²) in [5, 5.41) is 11.0. The molecule has 0 aliphatic carbocycles. The Morgan fingerprint density at radius 1 is 0.448 bits per heavy atom. The van der Waals surface area contributed by atoms with Crippen LogP contribution < -0.4 is 0 Å². The Balaban J connectivity index is 1.92. The van der Waals surface area contributed by atoms with Crippen molar-refractivity contribution in [2.45, 2.75) is 0 Å². The summed E-state index contributed by atoms with van der Waals surface area (Å²) < 4.78 is 0. The first-order valence-electron chi connectivity index (χ1n) is 9.81. The molecule has 0 atom stereocenters. The largest absolute Gasteiger partial charge is 0.0843 e. The average molecular weight is 389 g/mol. The van der Waals surface area contributed by atoms with Gasteiger partial charge in [-0.2, -0.15) is 0 Å². The van der Waals surface area contributed by atoms with Crippen LogP contribution in [0, 0.1) is 0 Å². The first kappa shape index (κ1) is 16.6. The molecular formula is C28H17Cl. The van der Waals surface area contributed by atoms with Crippen LogP contribution in [0.25, 0.3) is 54.2 Å². The van der Waals surface area contributed by atoms with Gasteiger partial charge in [0.05, 0.1) is 0 Å². The van der Waals surface area contributed by atoms with Gasteiger partial charge in [0.2, 0.25) is 0 Å². The fourth-order valence-electron chi connectivity index (χ4n) is 4.58. The molecule has 0 aromatic heterocycles. The minimum absolute atomic E-state index is 0.759. The maximum atomic E-state index is 6.34. The molecule has 6 aromatic carbocycles. The third-order valence-electron chi connectivity index (χ3n) is 5.87.